The smallest absolute Gasteiger partial charge is 0.143 e. The third-order valence-corrected chi connectivity index (χ3v) is 3.45. The predicted octanol–water partition coefficient (Wildman–Crippen LogP) is 2.60. The maximum absolute atomic E-state index is 13.2. The highest BCUT2D eigenvalue weighted by Crippen LogP contribution is 2.40. The van der Waals surface area contributed by atoms with E-state index in [9.17, 15) is 9.50 Å². The molecule has 100 valence electrons. The quantitative estimate of drug-likeness (QED) is 0.905. The molecule has 0 bridgehead atoms. The molecule has 1 N–H and O–H groups in total. The molecule has 0 saturated carbocycles. The predicted molar refractivity (Wildman–Crippen MR) is 67.2 cm³/mol. The molecule has 2 heterocycles. The highest BCUT2D eigenvalue weighted by Gasteiger charge is 2.30. The SMILES string of the molecule is CCn1cncc1C1C[C@@H](O)c2cc(F)ccc2O1. The average Bonchev–Trinajstić information content (AvgIpc) is 2.87. The minimum Gasteiger partial charge on any atom is -0.484 e. The van der Waals surface area contributed by atoms with Gasteiger partial charge in [-0.05, 0) is 25.1 Å². The first-order valence-corrected chi connectivity index (χ1v) is 6.33. The molecule has 0 radical (unpaired) electrons. The van der Waals surface area contributed by atoms with Gasteiger partial charge in [-0.1, -0.05) is 0 Å². The number of hydrogen-bond donors (Lipinski definition) is 1. The van der Waals surface area contributed by atoms with E-state index in [0.29, 0.717) is 17.7 Å². The van der Waals surface area contributed by atoms with Crippen LogP contribution in [-0.2, 0) is 6.54 Å². The van der Waals surface area contributed by atoms with E-state index in [1.807, 2.05) is 11.5 Å². The molecule has 1 aromatic carbocycles. The molecule has 19 heavy (non-hydrogen) atoms. The van der Waals surface area contributed by atoms with Gasteiger partial charge in [0, 0.05) is 18.5 Å². The molecule has 3 rings (SSSR count). The van der Waals surface area contributed by atoms with Crippen LogP contribution in [0, 0.1) is 5.82 Å². The molecular formula is C14H15FN2O2. The number of aryl methyl sites for hydroxylation is 1. The lowest BCUT2D eigenvalue weighted by Gasteiger charge is -2.30. The first-order valence-electron chi connectivity index (χ1n) is 6.33. The maximum Gasteiger partial charge on any atom is 0.143 e. The molecular weight excluding hydrogens is 247 g/mol. The maximum atomic E-state index is 13.2. The Hall–Kier alpha value is -1.88. The molecule has 1 aliphatic heterocycles. The molecule has 1 aromatic heterocycles. The third kappa shape index (κ3) is 2.10. The zero-order valence-electron chi connectivity index (χ0n) is 10.6. The van der Waals surface area contributed by atoms with Crippen LogP contribution >= 0.6 is 0 Å². The van der Waals surface area contributed by atoms with E-state index in [2.05, 4.69) is 4.98 Å². The Balaban J connectivity index is 1.95. The van der Waals surface area contributed by atoms with Gasteiger partial charge in [0.15, 0.2) is 0 Å². The van der Waals surface area contributed by atoms with Crippen molar-refractivity contribution in [2.75, 3.05) is 0 Å². The molecule has 4 nitrogen and oxygen atoms in total. The average molecular weight is 262 g/mol. The zero-order chi connectivity index (χ0) is 13.4. The summed E-state index contributed by atoms with van der Waals surface area (Å²) in [5, 5.41) is 10.1. The second-order valence-electron chi connectivity index (χ2n) is 4.64. The van der Waals surface area contributed by atoms with E-state index >= 15 is 0 Å². The Kier molecular flexibility index (Phi) is 2.98. The summed E-state index contributed by atoms with van der Waals surface area (Å²) in [6.45, 7) is 2.81. The molecule has 0 spiro atoms. The second kappa shape index (κ2) is 4.66. The van der Waals surface area contributed by atoms with Gasteiger partial charge in [-0.15, -0.1) is 0 Å². The van der Waals surface area contributed by atoms with Crippen molar-refractivity contribution < 1.29 is 14.2 Å². The number of aliphatic hydroxyl groups is 1. The van der Waals surface area contributed by atoms with Gasteiger partial charge < -0.3 is 14.4 Å². The van der Waals surface area contributed by atoms with Crippen molar-refractivity contribution >= 4 is 0 Å². The van der Waals surface area contributed by atoms with Crippen LogP contribution in [0.1, 0.15) is 36.8 Å². The third-order valence-electron chi connectivity index (χ3n) is 3.45. The van der Waals surface area contributed by atoms with Crippen LogP contribution in [0.5, 0.6) is 5.75 Å². The Morgan fingerprint density at radius 1 is 1.53 bits per heavy atom. The van der Waals surface area contributed by atoms with Crippen LogP contribution in [0.15, 0.2) is 30.7 Å². The van der Waals surface area contributed by atoms with Gasteiger partial charge in [-0.3, -0.25) is 0 Å². The zero-order valence-corrected chi connectivity index (χ0v) is 10.6. The number of fused-ring (bicyclic) bond motifs is 1. The number of aromatic nitrogens is 2. The fraction of sp³-hybridized carbons (Fsp3) is 0.357. The minimum atomic E-state index is -0.718. The van der Waals surface area contributed by atoms with Crippen molar-refractivity contribution in [3.63, 3.8) is 0 Å². The van der Waals surface area contributed by atoms with Crippen LogP contribution in [0.25, 0.3) is 0 Å². The standard InChI is InChI=1S/C14H15FN2O2/c1-2-17-8-16-7-11(17)14-6-12(18)10-5-9(15)3-4-13(10)19-14/h3-5,7-8,12,14,18H,2,6H2,1H3/t12-,14?/m1/s1. The van der Waals surface area contributed by atoms with Gasteiger partial charge in [0.1, 0.15) is 17.7 Å². The van der Waals surface area contributed by atoms with Gasteiger partial charge in [0.05, 0.1) is 24.3 Å². The summed E-state index contributed by atoms with van der Waals surface area (Å²) < 4.78 is 21.0. The molecule has 0 fully saturated rings. The topological polar surface area (TPSA) is 47.3 Å². The summed E-state index contributed by atoms with van der Waals surface area (Å²) in [6.07, 6.45) is 2.92. The van der Waals surface area contributed by atoms with Crippen LogP contribution in [-0.4, -0.2) is 14.7 Å². The molecule has 2 aromatic rings. The monoisotopic (exact) mass is 262 g/mol. The summed E-state index contributed by atoms with van der Waals surface area (Å²) in [5.41, 5.74) is 1.44. The molecule has 0 saturated heterocycles. The normalized spacial score (nSPS) is 21.8. The fourth-order valence-electron chi connectivity index (χ4n) is 2.46. The minimum absolute atomic E-state index is 0.254. The van der Waals surface area contributed by atoms with Gasteiger partial charge in [-0.2, -0.15) is 0 Å². The van der Waals surface area contributed by atoms with Crippen LogP contribution in [0.4, 0.5) is 4.39 Å². The number of halogens is 1. The molecule has 5 heteroatoms. The first-order chi connectivity index (χ1) is 9.19. The molecule has 0 aliphatic carbocycles. The summed E-state index contributed by atoms with van der Waals surface area (Å²) in [6, 6.07) is 4.23. The molecule has 1 aliphatic rings. The van der Waals surface area contributed by atoms with E-state index in [1.165, 1.54) is 12.1 Å². The fourth-order valence-corrected chi connectivity index (χ4v) is 2.46. The van der Waals surface area contributed by atoms with E-state index in [1.54, 1.807) is 18.6 Å². The lowest BCUT2D eigenvalue weighted by atomic mass is 9.97. The van der Waals surface area contributed by atoms with E-state index in [-0.39, 0.29) is 11.9 Å². The van der Waals surface area contributed by atoms with Crippen molar-refractivity contribution in [3.8, 4) is 5.75 Å². The Bertz CT molecular complexity index is 597. The van der Waals surface area contributed by atoms with E-state index in [4.69, 9.17) is 4.74 Å². The number of rotatable bonds is 2. The van der Waals surface area contributed by atoms with Crippen molar-refractivity contribution in [2.45, 2.75) is 32.1 Å². The largest absolute Gasteiger partial charge is 0.484 e. The van der Waals surface area contributed by atoms with E-state index in [0.717, 1.165) is 12.2 Å². The van der Waals surface area contributed by atoms with Gasteiger partial charge in [0.25, 0.3) is 0 Å². The molecule has 1 unspecified atom stereocenters. The summed E-state index contributed by atoms with van der Waals surface area (Å²) >= 11 is 0. The van der Waals surface area contributed by atoms with Crippen molar-refractivity contribution in [3.05, 3.63) is 47.8 Å². The summed E-state index contributed by atoms with van der Waals surface area (Å²) in [7, 11) is 0. The van der Waals surface area contributed by atoms with Gasteiger partial charge in [-0.25, -0.2) is 9.37 Å². The lowest BCUT2D eigenvalue weighted by molar-refractivity contribution is 0.0615. The molecule has 2 atom stereocenters. The highest BCUT2D eigenvalue weighted by atomic mass is 19.1. The van der Waals surface area contributed by atoms with Crippen molar-refractivity contribution in [1.82, 2.24) is 9.55 Å². The number of imidazole rings is 1. The number of aliphatic hydroxyl groups excluding tert-OH is 1. The number of nitrogens with zero attached hydrogens (tertiary/aromatic N) is 2. The van der Waals surface area contributed by atoms with Crippen LogP contribution < -0.4 is 4.74 Å². The Morgan fingerprint density at radius 3 is 3.16 bits per heavy atom. The van der Waals surface area contributed by atoms with Gasteiger partial charge in [0.2, 0.25) is 0 Å². The van der Waals surface area contributed by atoms with Crippen LogP contribution in [0.3, 0.4) is 0 Å². The lowest BCUT2D eigenvalue weighted by Crippen LogP contribution is -2.21. The number of hydrogen-bond acceptors (Lipinski definition) is 3. The second-order valence-corrected chi connectivity index (χ2v) is 4.64. The number of benzene rings is 1. The Labute approximate surface area is 110 Å². The molecule has 0 amide bonds. The van der Waals surface area contributed by atoms with Gasteiger partial charge >= 0.3 is 0 Å². The Morgan fingerprint density at radius 2 is 2.37 bits per heavy atom. The highest BCUT2D eigenvalue weighted by molar-refractivity contribution is 5.38. The summed E-state index contributed by atoms with van der Waals surface area (Å²) in [5.74, 6) is 0.174. The van der Waals surface area contributed by atoms with Crippen molar-refractivity contribution in [2.24, 2.45) is 0 Å². The first kappa shape index (κ1) is 12.2. The van der Waals surface area contributed by atoms with Crippen LogP contribution in [0.2, 0.25) is 0 Å². The summed E-state index contributed by atoms with van der Waals surface area (Å²) in [4.78, 5) is 4.10. The number of ether oxygens (including phenoxy) is 1. The van der Waals surface area contributed by atoms with Crippen molar-refractivity contribution in [1.29, 1.82) is 0 Å². The van der Waals surface area contributed by atoms with E-state index < -0.39 is 6.10 Å².